The summed E-state index contributed by atoms with van der Waals surface area (Å²) in [5, 5.41) is 10.1. The normalized spacial score (nSPS) is 20.6. The van der Waals surface area contributed by atoms with E-state index in [-0.39, 0.29) is 18.4 Å². The van der Waals surface area contributed by atoms with Crippen LogP contribution >= 0.6 is 11.3 Å². The maximum Gasteiger partial charge on any atom is 0.265 e. The molecule has 1 amide bonds. The molecule has 1 atom stereocenters. The number of nitrogens with zero attached hydrogens (tertiary/aromatic N) is 2. The fraction of sp³-hybridized carbons (Fsp3) is 0.667. The Balaban J connectivity index is 2.12. The van der Waals surface area contributed by atoms with Gasteiger partial charge in [0, 0.05) is 19.7 Å². The standard InChI is InChI=1S/C12H18N2O2S/c1-8-11(17-9(2)13-8)12(16)14-5-3-4-10(6-14)7-15/h10,15H,3-7H2,1-2H3. The first kappa shape index (κ1) is 12.5. The lowest BCUT2D eigenvalue weighted by Crippen LogP contribution is -2.40. The molecule has 0 saturated carbocycles. The third-order valence-electron chi connectivity index (χ3n) is 3.16. The third-order valence-corrected chi connectivity index (χ3v) is 4.22. The van der Waals surface area contributed by atoms with Crippen LogP contribution in [0.25, 0.3) is 0 Å². The van der Waals surface area contributed by atoms with Gasteiger partial charge in [-0.05, 0) is 32.6 Å². The number of likely N-dealkylation sites (tertiary alicyclic amines) is 1. The summed E-state index contributed by atoms with van der Waals surface area (Å²) in [5.41, 5.74) is 0.823. The zero-order chi connectivity index (χ0) is 12.4. The molecule has 5 heteroatoms. The average Bonchev–Trinajstić information content (AvgIpc) is 2.67. The first-order valence-electron chi connectivity index (χ1n) is 5.96. The molecule has 4 nitrogen and oxygen atoms in total. The zero-order valence-electron chi connectivity index (χ0n) is 10.3. The molecule has 1 aromatic rings. The molecule has 1 saturated heterocycles. The van der Waals surface area contributed by atoms with Crippen molar-refractivity contribution in [3.8, 4) is 0 Å². The van der Waals surface area contributed by atoms with E-state index in [1.165, 1.54) is 11.3 Å². The van der Waals surface area contributed by atoms with Gasteiger partial charge in [0.05, 0.1) is 10.7 Å². The van der Waals surface area contributed by atoms with Crippen LogP contribution in [-0.2, 0) is 0 Å². The Kier molecular flexibility index (Phi) is 3.79. The number of rotatable bonds is 2. The molecular formula is C12H18N2O2S. The van der Waals surface area contributed by atoms with Crippen molar-refractivity contribution in [2.45, 2.75) is 26.7 Å². The van der Waals surface area contributed by atoms with Crippen LogP contribution in [-0.4, -0.2) is 40.6 Å². The Hall–Kier alpha value is -0.940. The highest BCUT2D eigenvalue weighted by atomic mass is 32.1. The number of piperidine rings is 1. The lowest BCUT2D eigenvalue weighted by molar-refractivity contribution is 0.0624. The van der Waals surface area contributed by atoms with Crippen LogP contribution in [0.3, 0.4) is 0 Å². The average molecular weight is 254 g/mol. The van der Waals surface area contributed by atoms with Crippen LogP contribution in [0.4, 0.5) is 0 Å². The van der Waals surface area contributed by atoms with Crippen LogP contribution in [0, 0.1) is 19.8 Å². The number of amides is 1. The summed E-state index contributed by atoms with van der Waals surface area (Å²) in [7, 11) is 0. The Labute approximate surface area is 105 Å². The van der Waals surface area contributed by atoms with Crippen molar-refractivity contribution < 1.29 is 9.90 Å². The van der Waals surface area contributed by atoms with Gasteiger partial charge < -0.3 is 10.0 Å². The number of hydrogen-bond donors (Lipinski definition) is 1. The largest absolute Gasteiger partial charge is 0.396 e. The molecule has 0 radical (unpaired) electrons. The van der Waals surface area contributed by atoms with Crippen molar-refractivity contribution in [1.29, 1.82) is 0 Å². The van der Waals surface area contributed by atoms with Crippen molar-refractivity contribution in [3.05, 3.63) is 15.6 Å². The monoisotopic (exact) mass is 254 g/mol. The summed E-state index contributed by atoms with van der Waals surface area (Å²) < 4.78 is 0. The Morgan fingerprint density at radius 2 is 2.35 bits per heavy atom. The summed E-state index contributed by atoms with van der Waals surface area (Å²) >= 11 is 1.46. The summed E-state index contributed by atoms with van der Waals surface area (Å²) in [6, 6.07) is 0. The zero-order valence-corrected chi connectivity index (χ0v) is 11.1. The fourth-order valence-electron chi connectivity index (χ4n) is 2.27. The van der Waals surface area contributed by atoms with E-state index in [1.807, 2.05) is 18.7 Å². The predicted molar refractivity (Wildman–Crippen MR) is 67.3 cm³/mol. The predicted octanol–water partition coefficient (Wildman–Crippen LogP) is 1.60. The van der Waals surface area contributed by atoms with Crippen molar-refractivity contribution in [2.75, 3.05) is 19.7 Å². The van der Waals surface area contributed by atoms with Crippen LogP contribution in [0.5, 0.6) is 0 Å². The Bertz CT molecular complexity index is 417. The van der Waals surface area contributed by atoms with E-state index in [0.29, 0.717) is 6.54 Å². The van der Waals surface area contributed by atoms with Gasteiger partial charge >= 0.3 is 0 Å². The van der Waals surface area contributed by atoms with Crippen LogP contribution in [0.1, 0.15) is 33.2 Å². The van der Waals surface area contributed by atoms with E-state index < -0.39 is 0 Å². The number of carbonyl (C=O) groups excluding carboxylic acids is 1. The van der Waals surface area contributed by atoms with E-state index in [2.05, 4.69) is 4.98 Å². The molecule has 1 fully saturated rings. The van der Waals surface area contributed by atoms with Crippen LogP contribution < -0.4 is 0 Å². The molecule has 2 heterocycles. The maximum atomic E-state index is 12.3. The second-order valence-electron chi connectivity index (χ2n) is 4.59. The number of aliphatic hydroxyl groups is 1. The minimum atomic E-state index is 0.0752. The number of aryl methyl sites for hydroxylation is 2. The first-order chi connectivity index (χ1) is 8.11. The molecule has 1 aliphatic heterocycles. The molecular weight excluding hydrogens is 236 g/mol. The second kappa shape index (κ2) is 5.14. The number of carbonyl (C=O) groups is 1. The smallest absolute Gasteiger partial charge is 0.265 e. The van der Waals surface area contributed by atoms with Gasteiger partial charge in [-0.1, -0.05) is 0 Å². The third kappa shape index (κ3) is 2.66. The van der Waals surface area contributed by atoms with Gasteiger partial charge in [-0.15, -0.1) is 11.3 Å². The highest BCUT2D eigenvalue weighted by Crippen LogP contribution is 2.23. The van der Waals surface area contributed by atoms with E-state index in [0.717, 1.165) is 35.0 Å². The number of hydrogen-bond acceptors (Lipinski definition) is 4. The lowest BCUT2D eigenvalue weighted by Gasteiger charge is -2.31. The quantitative estimate of drug-likeness (QED) is 0.872. The SMILES string of the molecule is Cc1nc(C)c(C(=O)N2CCCC(CO)C2)s1. The van der Waals surface area contributed by atoms with Gasteiger partial charge in [0.2, 0.25) is 0 Å². The van der Waals surface area contributed by atoms with E-state index in [1.54, 1.807) is 0 Å². The van der Waals surface area contributed by atoms with Crippen molar-refractivity contribution in [2.24, 2.45) is 5.92 Å². The summed E-state index contributed by atoms with van der Waals surface area (Å²) in [6.07, 6.45) is 1.99. The van der Waals surface area contributed by atoms with Gasteiger partial charge in [-0.25, -0.2) is 4.98 Å². The fourth-order valence-corrected chi connectivity index (χ4v) is 3.16. The molecule has 0 aliphatic carbocycles. The highest BCUT2D eigenvalue weighted by Gasteiger charge is 2.26. The van der Waals surface area contributed by atoms with Crippen LogP contribution in [0.15, 0.2) is 0 Å². The molecule has 0 spiro atoms. The van der Waals surface area contributed by atoms with Gasteiger partial charge in [-0.2, -0.15) is 0 Å². The van der Waals surface area contributed by atoms with Crippen molar-refractivity contribution in [3.63, 3.8) is 0 Å². The minimum absolute atomic E-state index is 0.0752. The van der Waals surface area contributed by atoms with E-state index in [9.17, 15) is 9.90 Å². The number of aromatic nitrogens is 1. The lowest BCUT2D eigenvalue weighted by atomic mass is 9.99. The molecule has 1 N–H and O–H groups in total. The summed E-state index contributed by atoms with van der Waals surface area (Å²) in [5.74, 6) is 0.313. The van der Waals surface area contributed by atoms with Gasteiger partial charge in [0.25, 0.3) is 5.91 Å². The summed E-state index contributed by atoms with van der Waals surface area (Å²) in [4.78, 5) is 19.2. The Morgan fingerprint density at radius 1 is 1.59 bits per heavy atom. The number of thiazole rings is 1. The molecule has 2 rings (SSSR count). The molecule has 17 heavy (non-hydrogen) atoms. The van der Waals surface area contributed by atoms with Crippen molar-refractivity contribution in [1.82, 2.24) is 9.88 Å². The minimum Gasteiger partial charge on any atom is -0.396 e. The summed E-state index contributed by atoms with van der Waals surface area (Å²) in [6.45, 7) is 5.44. The topological polar surface area (TPSA) is 53.4 Å². The van der Waals surface area contributed by atoms with Gasteiger partial charge in [0.15, 0.2) is 0 Å². The molecule has 1 unspecified atom stereocenters. The Morgan fingerprint density at radius 3 is 2.94 bits per heavy atom. The molecule has 94 valence electrons. The second-order valence-corrected chi connectivity index (χ2v) is 5.79. The molecule has 1 aliphatic rings. The number of aliphatic hydroxyl groups excluding tert-OH is 1. The highest BCUT2D eigenvalue weighted by molar-refractivity contribution is 7.13. The van der Waals surface area contributed by atoms with Gasteiger partial charge in [-0.3, -0.25) is 4.79 Å². The molecule has 1 aromatic heterocycles. The van der Waals surface area contributed by atoms with Crippen molar-refractivity contribution >= 4 is 17.2 Å². The van der Waals surface area contributed by atoms with E-state index in [4.69, 9.17) is 0 Å². The van der Waals surface area contributed by atoms with Crippen LogP contribution in [0.2, 0.25) is 0 Å². The maximum absolute atomic E-state index is 12.3. The molecule has 0 bridgehead atoms. The van der Waals surface area contributed by atoms with Gasteiger partial charge in [0.1, 0.15) is 4.88 Å². The first-order valence-corrected chi connectivity index (χ1v) is 6.77. The molecule has 0 aromatic carbocycles. The van der Waals surface area contributed by atoms with E-state index >= 15 is 0 Å².